The van der Waals surface area contributed by atoms with Gasteiger partial charge in [0.1, 0.15) is 11.3 Å². The fourth-order valence-electron chi connectivity index (χ4n) is 2.12. The summed E-state index contributed by atoms with van der Waals surface area (Å²) in [6.45, 7) is 4.10. The van der Waals surface area contributed by atoms with Gasteiger partial charge in [-0.2, -0.15) is 5.26 Å². The molecule has 0 radical (unpaired) electrons. The van der Waals surface area contributed by atoms with Crippen molar-refractivity contribution in [3.8, 4) is 6.07 Å². The second-order valence-corrected chi connectivity index (χ2v) is 3.88. The molecule has 0 aliphatic rings. The minimum Gasteiger partial charge on any atom is -0.461 e. The first kappa shape index (κ1) is 10.8. The Balaban J connectivity index is 2.69. The summed E-state index contributed by atoms with van der Waals surface area (Å²) in [4.78, 5) is 0. The third-order valence-electron chi connectivity index (χ3n) is 2.94. The Bertz CT molecular complexity index is 533. The molecule has 1 heterocycles. The second kappa shape index (κ2) is 4.40. The van der Waals surface area contributed by atoms with Crippen molar-refractivity contribution in [3.05, 3.63) is 35.6 Å². The summed E-state index contributed by atoms with van der Waals surface area (Å²) in [5, 5.41) is 10.3. The van der Waals surface area contributed by atoms with Crippen LogP contribution in [0, 0.1) is 11.3 Å². The predicted octanol–water partition coefficient (Wildman–Crippen LogP) is 4.01. The molecular formula is C14H15NO. The minimum atomic E-state index is -0.0569. The Morgan fingerprint density at radius 3 is 2.69 bits per heavy atom. The molecule has 1 aromatic heterocycles. The van der Waals surface area contributed by atoms with Crippen molar-refractivity contribution in [1.29, 1.82) is 5.26 Å². The van der Waals surface area contributed by atoms with E-state index in [9.17, 15) is 5.26 Å². The predicted molar refractivity (Wildman–Crippen MR) is 64.2 cm³/mol. The summed E-state index contributed by atoms with van der Waals surface area (Å²) in [5.74, 6) is 0.896. The van der Waals surface area contributed by atoms with Crippen molar-refractivity contribution in [3.63, 3.8) is 0 Å². The van der Waals surface area contributed by atoms with Gasteiger partial charge in [0, 0.05) is 17.4 Å². The topological polar surface area (TPSA) is 36.9 Å². The number of nitrogens with zero attached hydrogens (tertiary/aromatic N) is 1. The molecule has 0 fully saturated rings. The van der Waals surface area contributed by atoms with Crippen LogP contribution in [0.15, 0.2) is 28.7 Å². The zero-order valence-corrected chi connectivity index (χ0v) is 9.66. The first-order valence-electron chi connectivity index (χ1n) is 5.71. The Kier molecular flexibility index (Phi) is 2.96. The molecule has 0 aliphatic heterocycles. The Morgan fingerprint density at radius 2 is 2.06 bits per heavy atom. The van der Waals surface area contributed by atoms with E-state index in [0.717, 1.165) is 35.1 Å². The van der Waals surface area contributed by atoms with Crippen LogP contribution in [0.1, 0.15) is 37.5 Å². The fourth-order valence-corrected chi connectivity index (χ4v) is 2.12. The largest absolute Gasteiger partial charge is 0.461 e. The van der Waals surface area contributed by atoms with E-state index in [2.05, 4.69) is 13.0 Å². The SMILES string of the molecule is CCc1oc2ccccc2c1C(C#N)CC. The van der Waals surface area contributed by atoms with E-state index < -0.39 is 0 Å². The molecule has 1 atom stereocenters. The molecule has 0 bridgehead atoms. The third kappa shape index (κ3) is 1.59. The molecule has 0 saturated carbocycles. The second-order valence-electron chi connectivity index (χ2n) is 3.88. The monoisotopic (exact) mass is 213 g/mol. The molecule has 0 spiro atoms. The lowest BCUT2D eigenvalue weighted by Gasteiger charge is -2.05. The minimum absolute atomic E-state index is 0.0569. The highest BCUT2D eigenvalue weighted by Gasteiger charge is 2.19. The molecule has 2 nitrogen and oxygen atoms in total. The summed E-state index contributed by atoms with van der Waals surface area (Å²) in [7, 11) is 0. The van der Waals surface area contributed by atoms with Crippen molar-refractivity contribution in [2.24, 2.45) is 0 Å². The van der Waals surface area contributed by atoms with Crippen LogP contribution >= 0.6 is 0 Å². The Hall–Kier alpha value is -1.75. The summed E-state index contributed by atoms with van der Waals surface area (Å²) >= 11 is 0. The zero-order chi connectivity index (χ0) is 11.5. The molecule has 0 amide bonds. The van der Waals surface area contributed by atoms with Gasteiger partial charge in [0.15, 0.2) is 0 Å². The van der Waals surface area contributed by atoms with E-state index in [1.807, 2.05) is 31.2 Å². The maximum absolute atomic E-state index is 9.19. The van der Waals surface area contributed by atoms with Crippen molar-refractivity contribution in [1.82, 2.24) is 0 Å². The van der Waals surface area contributed by atoms with Crippen LogP contribution in [0.5, 0.6) is 0 Å². The summed E-state index contributed by atoms with van der Waals surface area (Å²) in [6.07, 6.45) is 1.66. The highest BCUT2D eigenvalue weighted by molar-refractivity contribution is 5.83. The summed E-state index contributed by atoms with van der Waals surface area (Å²) in [6, 6.07) is 10.3. The van der Waals surface area contributed by atoms with Crippen molar-refractivity contribution in [2.45, 2.75) is 32.6 Å². The van der Waals surface area contributed by atoms with Gasteiger partial charge in [0.2, 0.25) is 0 Å². The maximum atomic E-state index is 9.19. The molecule has 2 aromatic rings. The summed E-state index contributed by atoms with van der Waals surface area (Å²) < 4.78 is 5.78. The van der Waals surface area contributed by atoms with E-state index in [-0.39, 0.29) is 5.92 Å². The average molecular weight is 213 g/mol. The molecule has 82 valence electrons. The number of hydrogen-bond donors (Lipinski definition) is 0. The lowest BCUT2D eigenvalue weighted by molar-refractivity contribution is 0.546. The maximum Gasteiger partial charge on any atom is 0.134 e. The molecule has 0 aliphatic carbocycles. The first-order valence-corrected chi connectivity index (χ1v) is 5.71. The number of furan rings is 1. The van der Waals surface area contributed by atoms with E-state index in [4.69, 9.17) is 4.42 Å². The van der Waals surface area contributed by atoms with Crippen LogP contribution in [0.2, 0.25) is 0 Å². The van der Waals surface area contributed by atoms with Crippen molar-refractivity contribution in [2.75, 3.05) is 0 Å². The highest BCUT2D eigenvalue weighted by Crippen LogP contribution is 2.33. The fraction of sp³-hybridized carbons (Fsp3) is 0.357. The van der Waals surface area contributed by atoms with Crippen LogP contribution in [0.25, 0.3) is 11.0 Å². The number of fused-ring (bicyclic) bond motifs is 1. The molecule has 1 unspecified atom stereocenters. The van der Waals surface area contributed by atoms with E-state index in [1.165, 1.54) is 0 Å². The number of rotatable bonds is 3. The van der Waals surface area contributed by atoms with Crippen LogP contribution in [0.4, 0.5) is 0 Å². The molecule has 1 aromatic carbocycles. The van der Waals surface area contributed by atoms with Crippen LogP contribution in [-0.2, 0) is 6.42 Å². The number of para-hydroxylation sites is 1. The highest BCUT2D eigenvalue weighted by atomic mass is 16.3. The number of nitriles is 1. The average Bonchev–Trinajstić information content (AvgIpc) is 2.70. The lowest BCUT2D eigenvalue weighted by Crippen LogP contribution is -1.96. The Morgan fingerprint density at radius 1 is 1.31 bits per heavy atom. The van der Waals surface area contributed by atoms with Gasteiger partial charge >= 0.3 is 0 Å². The molecule has 0 saturated heterocycles. The molecule has 2 heteroatoms. The number of aryl methyl sites for hydroxylation is 1. The third-order valence-corrected chi connectivity index (χ3v) is 2.94. The van der Waals surface area contributed by atoms with Crippen molar-refractivity contribution < 1.29 is 4.42 Å². The van der Waals surface area contributed by atoms with E-state index in [0.29, 0.717) is 0 Å². The van der Waals surface area contributed by atoms with Crippen LogP contribution in [-0.4, -0.2) is 0 Å². The molecule has 16 heavy (non-hydrogen) atoms. The zero-order valence-electron chi connectivity index (χ0n) is 9.66. The number of benzene rings is 1. The van der Waals surface area contributed by atoms with Gasteiger partial charge < -0.3 is 4.42 Å². The summed E-state index contributed by atoms with van der Waals surface area (Å²) in [5.41, 5.74) is 1.98. The quantitative estimate of drug-likeness (QED) is 0.772. The van der Waals surface area contributed by atoms with Gasteiger partial charge in [0.25, 0.3) is 0 Å². The molecule has 0 N–H and O–H groups in total. The molecular weight excluding hydrogens is 198 g/mol. The van der Waals surface area contributed by atoms with Crippen LogP contribution in [0.3, 0.4) is 0 Å². The van der Waals surface area contributed by atoms with Gasteiger partial charge in [-0.1, -0.05) is 32.0 Å². The van der Waals surface area contributed by atoms with Crippen molar-refractivity contribution >= 4 is 11.0 Å². The standard InChI is InChI=1S/C14H15NO/c1-3-10(9-15)14-11-7-5-6-8-13(11)16-12(14)4-2/h5-8,10H,3-4H2,1-2H3. The molecule has 2 rings (SSSR count). The normalized spacial score (nSPS) is 12.6. The first-order chi connectivity index (χ1) is 7.81. The van der Waals surface area contributed by atoms with Gasteiger partial charge in [0.05, 0.1) is 12.0 Å². The van der Waals surface area contributed by atoms with Crippen LogP contribution < -0.4 is 0 Å². The lowest BCUT2D eigenvalue weighted by atomic mass is 9.94. The number of hydrogen-bond acceptors (Lipinski definition) is 2. The van der Waals surface area contributed by atoms with E-state index in [1.54, 1.807) is 0 Å². The Labute approximate surface area is 95.5 Å². The smallest absolute Gasteiger partial charge is 0.134 e. The van der Waals surface area contributed by atoms with Gasteiger partial charge in [-0.25, -0.2) is 0 Å². The van der Waals surface area contributed by atoms with Gasteiger partial charge in [-0.05, 0) is 12.5 Å². The van der Waals surface area contributed by atoms with Gasteiger partial charge in [-0.15, -0.1) is 0 Å². The van der Waals surface area contributed by atoms with Gasteiger partial charge in [-0.3, -0.25) is 0 Å². The van der Waals surface area contributed by atoms with E-state index >= 15 is 0 Å².